The van der Waals surface area contributed by atoms with Gasteiger partial charge in [-0.15, -0.1) is 0 Å². The predicted octanol–water partition coefficient (Wildman–Crippen LogP) is -1.19. The van der Waals surface area contributed by atoms with Crippen LogP contribution >= 0.6 is 0 Å². The molecular formula is C11H18N2O5. The number of amides is 2. The Kier molecular flexibility index (Phi) is 5.08. The minimum atomic E-state index is -1.26. The minimum Gasteiger partial charge on any atom is -0.480 e. The van der Waals surface area contributed by atoms with Crippen molar-refractivity contribution in [1.29, 1.82) is 0 Å². The molecule has 0 aromatic heterocycles. The molecule has 0 spiro atoms. The van der Waals surface area contributed by atoms with Gasteiger partial charge in [0.2, 0.25) is 11.8 Å². The fourth-order valence-corrected chi connectivity index (χ4v) is 1.93. The third-order valence-corrected chi connectivity index (χ3v) is 3.11. The van der Waals surface area contributed by atoms with E-state index in [-0.39, 0.29) is 17.7 Å². The van der Waals surface area contributed by atoms with Gasteiger partial charge in [0.1, 0.15) is 6.04 Å². The molecule has 1 heterocycles. The molecule has 1 aliphatic rings. The average Bonchev–Trinajstić information content (AvgIpc) is 2.35. The summed E-state index contributed by atoms with van der Waals surface area (Å²) in [6.07, 6.45) is 1.03. The van der Waals surface area contributed by atoms with Crippen LogP contribution in [0.15, 0.2) is 0 Å². The molecule has 102 valence electrons. The van der Waals surface area contributed by atoms with E-state index in [1.807, 2.05) is 0 Å². The van der Waals surface area contributed by atoms with Crippen LogP contribution in [0.3, 0.4) is 0 Å². The molecule has 0 unspecified atom stereocenters. The lowest BCUT2D eigenvalue weighted by atomic mass is 9.95. The summed E-state index contributed by atoms with van der Waals surface area (Å²) in [6, 6.07) is -1.26. The van der Waals surface area contributed by atoms with E-state index in [1.54, 1.807) is 4.90 Å². The number of carbonyl (C=O) groups excluding carboxylic acids is 2. The first-order valence-electron chi connectivity index (χ1n) is 5.85. The number of nitrogens with zero attached hydrogens (tertiary/aromatic N) is 1. The third-order valence-electron chi connectivity index (χ3n) is 3.11. The number of carboxylic acid groups (broad SMARTS) is 1. The van der Waals surface area contributed by atoms with E-state index < -0.39 is 18.6 Å². The number of hydrogen-bond acceptors (Lipinski definition) is 4. The Morgan fingerprint density at radius 2 is 1.89 bits per heavy atom. The summed E-state index contributed by atoms with van der Waals surface area (Å²) in [5, 5.41) is 19.8. The number of aliphatic hydroxyl groups is 1. The molecule has 18 heavy (non-hydrogen) atoms. The Balaban J connectivity index is 2.45. The fraction of sp³-hybridized carbons (Fsp3) is 0.727. The van der Waals surface area contributed by atoms with Crippen molar-refractivity contribution in [2.24, 2.45) is 5.92 Å². The Morgan fingerprint density at radius 3 is 2.28 bits per heavy atom. The van der Waals surface area contributed by atoms with Gasteiger partial charge in [0, 0.05) is 25.9 Å². The fourth-order valence-electron chi connectivity index (χ4n) is 1.93. The van der Waals surface area contributed by atoms with Gasteiger partial charge in [-0.3, -0.25) is 9.59 Å². The van der Waals surface area contributed by atoms with Gasteiger partial charge in [-0.2, -0.15) is 0 Å². The first-order valence-corrected chi connectivity index (χ1v) is 5.85. The lowest BCUT2D eigenvalue weighted by molar-refractivity contribution is -0.144. The Labute approximate surface area is 105 Å². The maximum absolute atomic E-state index is 11.8. The van der Waals surface area contributed by atoms with E-state index in [2.05, 4.69) is 5.32 Å². The van der Waals surface area contributed by atoms with E-state index in [9.17, 15) is 14.4 Å². The van der Waals surface area contributed by atoms with Gasteiger partial charge >= 0.3 is 5.97 Å². The van der Waals surface area contributed by atoms with Gasteiger partial charge in [-0.05, 0) is 12.8 Å². The highest BCUT2D eigenvalue weighted by molar-refractivity contribution is 5.85. The van der Waals surface area contributed by atoms with Crippen molar-refractivity contribution in [3.8, 4) is 0 Å². The first kappa shape index (κ1) is 14.4. The van der Waals surface area contributed by atoms with Gasteiger partial charge in [0.15, 0.2) is 0 Å². The highest BCUT2D eigenvalue weighted by Gasteiger charge is 2.28. The lowest BCUT2D eigenvalue weighted by Gasteiger charge is -2.31. The van der Waals surface area contributed by atoms with Crippen LogP contribution in [0, 0.1) is 5.92 Å². The zero-order valence-electron chi connectivity index (χ0n) is 10.3. The summed E-state index contributed by atoms with van der Waals surface area (Å²) in [5.74, 6) is -1.95. The smallest absolute Gasteiger partial charge is 0.328 e. The van der Waals surface area contributed by atoms with Gasteiger partial charge in [-0.25, -0.2) is 4.79 Å². The summed E-state index contributed by atoms with van der Waals surface area (Å²) >= 11 is 0. The second-order valence-electron chi connectivity index (χ2n) is 4.36. The van der Waals surface area contributed by atoms with Gasteiger partial charge < -0.3 is 20.4 Å². The van der Waals surface area contributed by atoms with Crippen LogP contribution in [0.25, 0.3) is 0 Å². The number of carbonyl (C=O) groups is 3. The summed E-state index contributed by atoms with van der Waals surface area (Å²) in [4.78, 5) is 35.2. The zero-order valence-corrected chi connectivity index (χ0v) is 10.3. The van der Waals surface area contributed by atoms with E-state index in [1.165, 1.54) is 6.92 Å². The molecular weight excluding hydrogens is 240 g/mol. The molecule has 1 atom stereocenters. The molecule has 1 saturated heterocycles. The monoisotopic (exact) mass is 258 g/mol. The number of piperidine rings is 1. The maximum atomic E-state index is 11.8. The molecule has 0 aliphatic carbocycles. The van der Waals surface area contributed by atoms with E-state index in [4.69, 9.17) is 10.2 Å². The second kappa shape index (κ2) is 6.34. The Morgan fingerprint density at radius 1 is 1.33 bits per heavy atom. The van der Waals surface area contributed by atoms with Crippen molar-refractivity contribution in [2.45, 2.75) is 25.8 Å². The number of likely N-dealkylation sites (tertiary alicyclic amines) is 1. The first-order chi connectivity index (χ1) is 8.45. The van der Waals surface area contributed by atoms with Gasteiger partial charge in [-0.1, -0.05) is 0 Å². The molecule has 1 aliphatic heterocycles. The molecule has 0 saturated carbocycles. The number of hydrogen-bond donors (Lipinski definition) is 3. The molecule has 3 N–H and O–H groups in total. The summed E-state index contributed by atoms with van der Waals surface area (Å²) in [5.41, 5.74) is 0. The number of aliphatic carboxylic acids is 1. The zero-order chi connectivity index (χ0) is 13.7. The standard InChI is InChI=1S/C11H18N2O5/c1-7(15)13-4-2-8(3-5-13)10(16)12-9(6-14)11(17)18/h8-9,14H,2-6H2,1H3,(H,12,16)(H,17,18)/t9-/m1/s1. The van der Waals surface area contributed by atoms with Crippen molar-refractivity contribution < 1.29 is 24.6 Å². The minimum absolute atomic E-state index is 0.0207. The third kappa shape index (κ3) is 3.69. The van der Waals surface area contributed by atoms with Crippen molar-refractivity contribution in [3.05, 3.63) is 0 Å². The Bertz CT molecular complexity index is 336. The second-order valence-corrected chi connectivity index (χ2v) is 4.36. The van der Waals surface area contributed by atoms with Crippen LogP contribution in [0.4, 0.5) is 0 Å². The molecule has 0 radical (unpaired) electrons. The van der Waals surface area contributed by atoms with Crippen LogP contribution in [0.5, 0.6) is 0 Å². The molecule has 1 fully saturated rings. The largest absolute Gasteiger partial charge is 0.480 e. The molecule has 0 bridgehead atoms. The molecule has 2 amide bonds. The van der Waals surface area contributed by atoms with Crippen molar-refractivity contribution in [3.63, 3.8) is 0 Å². The van der Waals surface area contributed by atoms with Crippen LogP contribution in [-0.4, -0.2) is 58.6 Å². The molecule has 1 rings (SSSR count). The van der Waals surface area contributed by atoms with Crippen LogP contribution in [0.2, 0.25) is 0 Å². The molecule has 7 heteroatoms. The van der Waals surface area contributed by atoms with Gasteiger partial charge in [0.05, 0.1) is 6.61 Å². The number of rotatable bonds is 4. The number of nitrogens with one attached hydrogen (secondary N) is 1. The molecule has 0 aromatic rings. The van der Waals surface area contributed by atoms with Crippen molar-refractivity contribution >= 4 is 17.8 Å². The number of aliphatic hydroxyl groups excluding tert-OH is 1. The van der Waals surface area contributed by atoms with Crippen LogP contribution < -0.4 is 5.32 Å². The SMILES string of the molecule is CC(=O)N1CCC(C(=O)N[C@H](CO)C(=O)O)CC1. The van der Waals surface area contributed by atoms with Crippen LogP contribution in [-0.2, 0) is 14.4 Å². The molecule has 7 nitrogen and oxygen atoms in total. The average molecular weight is 258 g/mol. The van der Waals surface area contributed by atoms with Crippen molar-refractivity contribution in [2.75, 3.05) is 19.7 Å². The molecule has 0 aromatic carbocycles. The highest BCUT2D eigenvalue weighted by atomic mass is 16.4. The van der Waals surface area contributed by atoms with E-state index in [0.717, 1.165) is 0 Å². The Hall–Kier alpha value is -1.63. The number of carboxylic acids is 1. The van der Waals surface area contributed by atoms with E-state index >= 15 is 0 Å². The van der Waals surface area contributed by atoms with E-state index in [0.29, 0.717) is 25.9 Å². The summed E-state index contributed by atoms with van der Waals surface area (Å²) < 4.78 is 0. The van der Waals surface area contributed by atoms with Gasteiger partial charge in [0.25, 0.3) is 0 Å². The quantitative estimate of drug-likeness (QED) is 0.587. The summed E-state index contributed by atoms with van der Waals surface area (Å²) in [7, 11) is 0. The normalized spacial score (nSPS) is 18.2. The van der Waals surface area contributed by atoms with Crippen molar-refractivity contribution in [1.82, 2.24) is 10.2 Å². The van der Waals surface area contributed by atoms with Crippen LogP contribution in [0.1, 0.15) is 19.8 Å². The maximum Gasteiger partial charge on any atom is 0.328 e. The lowest BCUT2D eigenvalue weighted by Crippen LogP contribution is -2.48. The predicted molar refractivity (Wildman–Crippen MR) is 61.6 cm³/mol. The topological polar surface area (TPSA) is 107 Å². The highest BCUT2D eigenvalue weighted by Crippen LogP contribution is 2.17. The summed E-state index contributed by atoms with van der Waals surface area (Å²) in [6.45, 7) is 1.86.